The van der Waals surface area contributed by atoms with Crippen molar-refractivity contribution in [2.45, 2.75) is 25.9 Å². The molecule has 118 valence electrons. The van der Waals surface area contributed by atoms with E-state index >= 15 is 0 Å². The highest BCUT2D eigenvalue weighted by Gasteiger charge is 2.21. The standard InChI is InChI=1S/C17H27FN2O/c1-14(17(21)15-7-3-4-8-16(15)18)13-19(2)11-12-20-9-5-6-10-20/h3-4,7-8,14,17,21H,5-6,9-13H2,1-2H3. The molecule has 21 heavy (non-hydrogen) atoms. The highest BCUT2D eigenvalue weighted by Crippen LogP contribution is 2.24. The second-order valence-corrected chi connectivity index (χ2v) is 6.25. The SMILES string of the molecule is CC(CN(C)CCN1CCCC1)C(O)c1ccccc1F. The lowest BCUT2D eigenvalue weighted by molar-refractivity contribution is 0.0895. The smallest absolute Gasteiger partial charge is 0.129 e. The third-order valence-corrected chi connectivity index (χ3v) is 4.36. The maximum Gasteiger partial charge on any atom is 0.129 e. The number of rotatable bonds is 7. The zero-order chi connectivity index (χ0) is 15.2. The summed E-state index contributed by atoms with van der Waals surface area (Å²) in [6.07, 6.45) is 1.87. The first-order valence-electron chi connectivity index (χ1n) is 7.91. The van der Waals surface area contributed by atoms with Gasteiger partial charge in [-0.25, -0.2) is 4.39 Å². The summed E-state index contributed by atoms with van der Waals surface area (Å²) in [5, 5.41) is 10.3. The van der Waals surface area contributed by atoms with Gasteiger partial charge in [0, 0.05) is 25.2 Å². The molecule has 2 rings (SSSR count). The Morgan fingerprint density at radius 3 is 2.62 bits per heavy atom. The van der Waals surface area contributed by atoms with E-state index in [9.17, 15) is 9.50 Å². The Balaban J connectivity index is 1.79. The highest BCUT2D eigenvalue weighted by atomic mass is 19.1. The molecule has 3 nitrogen and oxygen atoms in total. The van der Waals surface area contributed by atoms with Crippen LogP contribution in [0.2, 0.25) is 0 Å². The van der Waals surface area contributed by atoms with Gasteiger partial charge in [-0.05, 0) is 45.0 Å². The maximum absolute atomic E-state index is 13.7. The topological polar surface area (TPSA) is 26.7 Å². The zero-order valence-corrected chi connectivity index (χ0v) is 13.1. The molecule has 0 aliphatic carbocycles. The van der Waals surface area contributed by atoms with Crippen molar-refractivity contribution in [2.24, 2.45) is 5.92 Å². The quantitative estimate of drug-likeness (QED) is 0.837. The van der Waals surface area contributed by atoms with Gasteiger partial charge in [-0.1, -0.05) is 25.1 Å². The Labute approximate surface area is 127 Å². The molecule has 2 atom stereocenters. The average molecular weight is 294 g/mol. The number of hydrogen-bond acceptors (Lipinski definition) is 3. The van der Waals surface area contributed by atoms with Crippen molar-refractivity contribution in [1.29, 1.82) is 0 Å². The van der Waals surface area contributed by atoms with Crippen LogP contribution in [0.3, 0.4) is 0 Å². The van der Waals surface area contributed by atoms with Crippen LogP contribution in [-0.2, 0) is 0 Å². The molecule has 0 saturated carbocycles. The second-order valence-electron chi connectivity index (χ2n) is 6.25. The van der Waals surface area contributed by atoms with Crippen LogP contribution in [0.5, 0.6) is 0 Å². The molecule has 4 heteroatoms. The number of hydrogen-bond donors (Lipinski definition) is 1. The van der Waals surface area contributed by atoms with E-state index in [4.69, 9.17) is 0 Å². The second kappa shape index (κ2) is 7.87. The molecule has 1 aromatic carbocycles. The lowest BCUT2D eigenvalue weighted by Gasteiger charge is -2.27. The molecule has 1 aromatic rings. The molecule has 0 spiro atoms. The van der Waals surface area contributed by atoms with E-state index in [1.165, 1.54) is 32.0 Å². The van der Waals surface area contributed by atoms with Gasteiger partial charge >= 0.3 is 0 Å². The third kappa shape index (κ3) is 4.77. The Hall–Kier alpha value is -0.970. The summed E-state index contributed by atoms with van der Waals surface area (Å²) < 4.78 is 13.7. The molecule has 1 N–H and O–H groups in total. The fourth-order valence-corrected chi connectivity index (χ4v) is 3.02. The summed E-state index contributed by atoms with van der Waals surface area (Å²) in [6, 6.07) is 6.49. The van der Waals surface area contributed by atoms with E-state index in [0.717, 1.165) is 19.6 Å². The summed E-state index contributed by atoms with van der Waals surface area (Å²) in [6.45, 7) is 7.24. The summed E-state index contributed by atoms with van der Waals surface area (Å²) in [5.41, 5.74) is 0.401. The Kier molecular flexibility index (Phi) is 6.15. The molecule has 0 aromatic heterocycles. The minimum absolute atomic E-state index is 0.00507. The number of likely N-dealkylation sites (N-methyl/N-ethyl adjacent to an activating group) is 1. The molecule has 1 aliphatic rings. The van der Waals surface area contributed by atoms with Crippen molar-refractivity contribution in [3.05, 3.63) is 35.6 Å². The van der Waals surface area contributed by atoms with Gasteiger partial charge in [0.1, 0.15) is 5.82 Å². The fraction of sp³-hybridized carbons (Fsp3) is 0.647. The fourth-order valence-electron chi connectivity index (χ4n) is 3.02. The van der Waals surface area contributed by atoms with E-state index in [1.54, 1.807) is 18.2 Å². The van der Waals surface area contributed by atoms with Crippen molar-refractivity contribution in [3.63, 3.8) is 0 Å². The first-order valence-corrected chi connectivity index (χ1v) is 7.91. The molecular formula is C17H27FN2O. The Morgan fingerprint density at radius 2 is 1.95 bits per heavy atom. The minimum Gasteiger partial charge on any atom is -0.388 e. The predicted molar refractivity (Wildman–Crippen MR) is 83.7 cm³/mol. The summed E-state index contributed by atoms with van der Waals surface area (Å²) in [7, 11) is 2.07. The third-order valence-electron chi connectivity index (χ3n) is 4.36. The van der Waals surface area contributed by atoms with Gasteiger partial charge in [0.15, 0.2) is 0 Å². The number of halogens is 1. The maximum atomic E-state index is 13.7. The molecule has 1 heterocycles. The Bertz CT molecular complexity index is 435. The predicted octanol–water partition coefficient (Wildman–Crippen LogP) is 2.52. The normalized spacial score (nSPS) is 19.1. The van der Waals surface area contributed by atoms with Crippen LogP contribution >= 0.6 is 0 Å². The number of aliphatic hydroxyl groups excluding tert-OH is 1. The van der Waals surface area contributed by atoms with Gasteiger partial charge in [-0.2, -0.15) is 0 Å². The molecule has 1 saturated heterocycles. The van der Waals surface area contributed by atoms with Gasteiger partial charge < -0.3 is 14.9 Å². The van der Waals surface area contributed by atoms with Crippen molar-refractivity contribution >= 4 is 0 Å². The molecule has 0 amide bonds. The van der Waals surface area contributed by atoms with E-state index in [-0.39, 0.29) is 11.7 Å². The Morgan fingerprint density at radius 1 is 1.29 bits per heavy atom. The van der Waals surface area contributed by atoms with Gasteiger partial charge in [0.2, 0.25) is 0 Å². The number of likely N-dealkylation sites (tertiary alicyclic amines) is 1. The van der Waals surface area contributed by atoms with E-state index in [2.05, 4.69) is 16.8 Å². The van der Waals surface area contributed by atoms with Crippen LogP contribution in [-0.4, -0.2) is 54.7 Å². The van der Waals surface area contributed by atoms with Crippen LogP contribution in [0.4, 0.5) is 4.39 Å². The number of benzene rings is 1. The van der Waals surface area contributed by atoms with Gasteiger partial charge in [0.05, 0.1) is 6.10 Å². The summed E-state index contributed by atoms with van der Waals surface area (Å²) in [4.78, 5) is 4.71. The van der Waals surface area contributed by atoms with Crippen molar-refractivity contribution in [3.8, 4) is 0 Å². The lowest BCUT2D eigenvalue weighted by Crippen LogP contribution is -2.35. The largest absolute Gasteiger partial charge is 0.388 e. The average Bonchev–Trinajstić information content (AvgIpc) is 2.98. The molecular weight excluding hydrogens is 267 g/mol. The highest BCUT2D eigenvalue weighted by molar-refractivity contribution is 5.20. The van der Waals surface area contributed by atoms with Crippen LogP contribution in [0, 0.1) is 11.7 Å². The van der Waals surface area contributed by atoms with E-state index in [1.807, 2.05) is 6.92 Å². The van der Waals surface area contributed by atoms with Crippen LogP contribution in [0.15, 0.2) is 24.3 Å². The minimum atomic E-state index is -0.750. The first kappa shape index (κ1) is 16.4. The van der Waals surface area contributed by atoms with Crippen LogP contribution in [0.25, 0.3) is 0 Å². The van der Waals surface area contributed by atoms with Crippen molar-refractivity contribution in [2.75, 3.05) is 39.8 Å². The monoisotopic (exact) mass is 294 g/mol. The summed E-state index contributed by atoms with van der Waals surface area (Å²) in [5.74, 6) is -0.318. The molecule has 1 fully saturated rings. The van der Waals surface area contributed by atoms with Crippen LogP contribution in [0.1, 0.15) is 31.4 Å². The van der Waals surface area contributed by atoms with Crippen molar-refractivity contribution < 1.29 is 9.50 Å². The van der Waals surface area contributed by atoms with E-state index in [0.29, 0.717) is 5.56 Å². The van der Waals surface area contributed by atoms with Crippen molar-refractivity contribution in [1.82, 2.24) is 9.80 Å². The van der Waals surface area contributed by atoms with Gasteiger partial charge in [-0.3, -0.25) is 0 Å². The molecule has 0 radical (unpaired) electrons. The summed E-state index contributed by atoms with van der Waals surface area (Å²) >= 11 is 0. The van der Waals surface area contributed by atoms with Gasteiger partial charge in [0.25, 0.3) is 0 Å². The zero-order valence-electron chi connectivity index (χ0n) is 13.1. The number of nitrogens with zero attached hydrogens (tertiary/aromatic N) is 2. The lowest BCUT2D eigenvalue weighted by atomic mass is 9.96. The molecule has 2 unspecified atom stereocenters. The van der Waals surface area contributed by atoms with E-state index < -0.39 is 6.10 Å². The number of aliphatic hydroxyl groups is 1. The van der Waals surface area contributed by atoms with Gasteiger partial charge in [-0.15, -0.1) is 0 Å². The molecule has 0 bridgehead atoms. The molecule has 1 aliphatic heterocycles. The van der Waals surface area contributed by atoms with Crippen LogP contribution < -0.4 is 0 Å². The first-order chi connectivity index (χ1) is 10.1.